The standard InChI is InChI=1S/C20H24N4O4S2/c1-15-8-10-16(11-9-15)24(30(3,26)27)12-4-7-19(25)23(2)14-18-21-20(22-28-18)17-6-5-13-29-17/h5-6,8-11,13H,4,7,12,14H2,1-3H3. The minimum Gasteiger partial charge on any atom is -0.337 e. The van der Waals surface area contributed by atoms with Crippen molar-refractivity contribution in [3.05, 3.63) is 53.2 Å². The predicted octanol–water partition coefficient (Wildman–Crippen LogP) is 3.31. The number of benzene rings is 1. The van der Waals surface area contributed by atoms with Gasteiger partial charge in [0, 0.05) is 20.0 Å². The first kappa shape index (κ1) is 22.0. The fourth-order valence-electron chi connectivity index (χ4n) is 2.88. The first-order chi connectivity index (χ1) is 14.2. The number of sulfonamides is 1. The van der Waals surface area contributed by atoms with Crippen LogP contribution in [0.1, 0.15) is 24.3 Å². The fourth-order valence-corrected chi connectivity index (χ4v) is 4.49. The van der Waals surface area contributed by atoms with Crippen LogP contribution < -0.4 is 4.31 Å². The maximum absolute atomic E-state index is 12.5. The van der Waals surface area contributed by atoms with Gasteiger partial charge in [-0.1, -0.05) is 28.9 Å². The van der Waals surface area contributed by atoms with Crippen LogP contribution in [-0.2, 0) is 21.4 Å². The van der Waals surface area contributed by atoms with Gasteiger partial charge in [-0.3, -0.25) is 9.10 Å². The van der Waals surface area contributed by atoms with Crippen molar-refractivity contribution in [2.24, 2.45) is 0 Å². The van der Waals surface area contributed by atoms with E-state index in [1.807, 2.05) is 36.6 Å². The van der Waals surface area contributed by atoms with Gasteiger partial charge in [0.1, 0.15) is 0 Å². The molecule has 0 atom stereocenters. The van der Waals surface area contributed by atoms with Crippen LogP contribution in [0.5, 0.6) is 0 Å². The van der Waals surface area contributed by atoms with Crippen LogP contribution in [0.25, 0.3) is 10.7 Å². The number of aryl methyl sites for hydroxylation is 1. The molecule has 2 aromatic heterocycles. The van der Waals surface area contributed by atoms with E-state index in [1.54, 1.807) is 19.2 Å². The van der Waals surface area contributed by atoms with Crippen LogP contribution in [0.4, 0.5) is 5.69 Å². The molecule has 0 N–H and O–H groups in total. The summed E-state index contributed by atoms with van der Waals surface area (Å²) in [6, 6.07) is 11.1. The maximum Gasteiger partial charge on any atom is 0.246 e. The van der Waals surface area contributed by atoms with E-state index in [0.717, 1.165) is 10.4 Å². The number of hydrogen-bond acceptors (Lipinski definition) is 7. The number of anilines is 1. The van der Waals surface area contributed by atoms with E-state index in [4.69, 9.17) is 4.52 Å². The summed E-state index contributed by atoms with van der Waals surface area (Å²) >= 11 is 1.51. The van der Waals surface area contributed by atoms with Crippen molar-refractivity contribution in [1.82, 2.24) is 15.0 Å². The third-order valence-corrected chi connectivity index (χ3v) is 6.54. The molecule has 0 aliphatic carbocycles. The highest BCUT2D eigenvalue weighted by Gasteiger charge is 2.19. The quantitative estimate of drug-likeness (QED) is 0.498. The van der Waals surface area contributed by atoms with Gasteiger partial charge >= 0.3 is 0 Å². The molecule has 0 bridgehead atoms. The highest BCUT2D eigenvalue weighted by molar-refractivity contribution is 7.92. The molecule has 8 nitrogen and oxygen atoms in total. The highest BCUT2D eigenvalue weighted by Crippen LogP contribution is 2.22. The van der Waals surface area contributed by atoms with E-state index in [-0.39, 0.29) is 25.4 Å². The second-order valence-electron chi connectivity index (χ2n) is 7.01. The predicted molar refractivity (Wildman–Crippen MR) is 117 cm³/mol. The van der Waals surface area contributed by atoms with Gasteiger partial charge in [-0.15, -0.1) is 11.3 Å². The Morgan fingerprint density at radius 3 is 2.57 bits per heavy atom. The molecule has 160 valence electrons. The van der Waals surface area contributed by atoms with Crippen molar-refractivity contribution in [3.8, 4) is 10.7 Å². The Morgan fingerprint density at radius 1 is 1.20 bits per heavy atom. The number of carbonyl (C=O) groups is 1. The molecule has 3 rings (SSSR count). The van der Waals surface area contributed by atoms with Crippen molar-refractivity contribution in [2.45, 2.75) is 26.3 Å². The molecule has 1 amide bonds. The zero-order valence-electron chi connectivity index (χ0n) is 17.1. The first-order valence-electron chi connectivity index (χ1n) is 9.39. The third-order valence-electron chi connectivity index (χ3n) is 4.48. The molecule has 30 heavy (non-hydrogen) atoms. The monoisotopic (exact) mass is 448 g/mol. The van der Waals surface area contributed by atoms with Gasteiger partial charge in [-0.05, 0) is 36.9 Å². The topological polar surface area (TPSA) is 96.6 Å². The van der Waals surface area contributed by atoms with Crippen molar-refractivity contribution in [2.75, 3.05) is 24.2 Å². The van der Waals surface area contributed by atoms with Gasteiger partial charge in [-0.2, -0.15) is 4.98 Å². The summed E-state index contributed by atoms with van der Waals surface area (Å²) in [5.74, 6) is 0.734. The number of rotatable bonds is 9. The molecule has 0 radical (unpaired) electrons. The van der Waals surface area contributed by atoms with Gasteiger partial charge in [0.05, 0.1) is 23.4 Å². The summed E-state index contributed by atoms with van der Waals surface area (Å²) in [7, 11) is -1.78. The second kappa shape index (κ2) is 9.40. The summed E-state index contributed by atoms with van der Waals surface area (Å²) in [6.07, 6.45) is 1.77. The fraction of sp³-hybridized carbons (Fsp3) is 0.350. The Morgan fingerprint density at radius 2 is 1.93 bits per heavy atom. The minimum atomic E-state index is -3.44. The van der Waals surface area contributed by atoms with E-state index in [1.165, 1.54) is 26.8 Å². The number of hydrogen-bond donors (Lipinski definition) is 0. The molecule has 0 aliphatic heterocycles. The Labute approximate surface area is 180 Å². The Bertz CT molecular complexity index is 1080. The number of amides is 1. The minimum absolute atomic E-state index is 0.122. The molecule has 10 heteroatoms. The first-order valence-corrected chi connectivity index (χ1v) is 12.1. The van der Waals surface area contributed by atoms with Crippen LogP contribution in [-0.4, -0.2) is 49.2 Å². The zero-order chi connectivity index (χ0) is 21.7. The highest BCUT2D eigenvalue weighted by atomic mass is 32.2. The van der Waals surface area contributed by atoms with Crippen LogP contribution in [0.15, 0.2) is 46.3 Å². The SMILES string of the molecule is Cc1ccc(N(CCCC(=O)N(C)Cc2nc(-c3cccs3)no2)S(C)(=O)=O)cc1. The lowest BCUT2D eigenvalue weighted by Gasteiger charge is -2.23. The van der Waals surface area contributed by atoms with Gasteiger partial charge in [-0.25, -0.2) is 8.42 Å². The summed E-state index contributed by atoms with van der Waals surface area (Å²) in [4.78, 5) is 19.2. The molecule has 1 aromatic carbocycles. The van der Waals surface area contributed by atoms with E-state index < -0.39 is 10.0 Å². The van der Waals surface area contributed by atoms with Crippen molar-refractivity contribution in [1.29, 1.82) is 0 Å². The molecule has 0 aliphatic rings. The summed E-state index contributed by atoms with van der Waals surface area (Å²) in [5.41, 5.74) is 1.64. The number of nitrogens with zero attached hydrogens (tertiary/aromatic N) is 4. The normalized spacial score (nSPS) is 11.4. The Hall–Kier alpha value is -2.72. The molecule has 0 unspecified atom stereocenters. The zero-order valence-corrected chi connectivity index (χ0v) is 18.7. The average Bonchev–Trinajstić information content (AvgIpc) is 3.36. The van der Waals surface area contributed by atoms with Gasteiger partial charge < -0.3 is 9.42 Å². The van der Waals surface area contributed by atoms with Crippen molar-refractivity contribution in [3.63, 3.8) is 0 Å². The molecular formula is C20H24N4O4S2. The molecule has 2 heterocycles. The number of aromatic nitrogens is 2. The summed E-state index contributed by atoms with van der Waals surface area (Å²) < 4.78 is 30.9. The molecule has 0 fully saturated rings. The van der Waals surface area contributed by atoms with Crippen molar-refractivity contribution < 1.29 is 17.7 Å². The summed E-state index contributed by atoms with van der Waals surface area (Å²) in [6.45, 7) is 2.37. The molecule has 0 saturated carbocycles. The van der Waals surface area contributed by atoms with E-state index >= 15 is 0 Å². The molecular weight excluding hydrogens is 424 g/mol. The van der Waals surface area contributed by atoms with E-state index in [0.29, 0.717) is 23.8 Å². The lowest BCUT2D eigenvalue weighted by atomic mass is 10.2. The Balaban J connectivity index is 1.54. The maximum atomic E-state index is 12.5. The lowest BCUT2D eigenvalue weighted by Crippen LogP contribution is -2.32. The van der Waals surface area contributed by atoms with Gasteiger partial charge in [0.2, 0.25) is 27.6 Å². The van der Waals surface area contributed by atoms with Gasteiger partial charge in [0.25, 0.3) is 0 Å². The number of thiophene rings is 1. The summed E-state index contributed by atoms with van der Waals surface area (Å²) in [5, 5.41) is 5.86. The average molecular weight is 449 g/mol. The lowest BCUT2D eigenvalue weighted by molar-refractivity contribution is -0.130. The van der Waals surface area contributed by atoms with Crippen molar-refractivity contribution >= 4 is 33.0 Å². The number of carbonyl (C=O) groups excluding carboxylic acids is 1. The molecule has 3 aromatic rings. The Kier molecular flexibility index (Phi) is 6.88. The van der Waals surface area contributed by atoms with E-state index in [9.17, 15) is 13.2 Å². The molecule has 0 spiro atoms. The van der Waals surface area contributed by atoms with Crippen LogP contribution in [0.3, 0.4) is 0 Å². The largest absolute Gasteiger partial charge is 0.337 e. The second-order valence-corrected chi connectivity index (χ2v) is 9.87. The molecule has 0 saturated heterocycles. The van der Waals surface area contributed by atoms with Crippen LogP contribution in [0.2, 0.25) is 0 Å². The van der Waals surface area contributed by atoms with Crippen LogP contribution >= 0.6 is 11.3 Å². The van der Waals surface area contributed by atoms with E-state index in [2.05, 4.69) is 10.1 Å². The van der Waals surface area contributed by atoms with Crippen LogP contribution in [0, 0.1) is 6.92 Å². The third kappa shape index (κ3) is 5.67. The smallest absolute Gasteiger partial charge is 0.246 e. The van der Waals surface area contributed by atoms with Gasteiger partial charge in [0.15, 0.2) is 0 Å².